The van der Waals surface area contributed by atoms with E-state index >= 15 is 0 Å². The summed E-state index contributed by atoms with van der Waals surface area (Å²) >= 11 is 0. The summed E-state index contributed by atoms with van der Waals surface area (Å²) in [5.41, 5.74) is 3.22. The largest absolute Gasteiger partial charge is 0.493 e. The topological polar surface area (TPSA) is 68.2 Å². The van der Waals surface area contributed by atoms with Crippen molar-refractivity contribution in [2.45, 2.75) is 51.1 Å². The first-order valence-corrected chi connectivity index (χ1v) is 10.8. The zero-order chi connectivity index (χ0) is 22.5. The monoisotopic (exact) mass is 427 g/mol. The Labute approximate surface area is 184 Å². The predicted octanol–water partition coefficient (Wildman–Crippen LogP) is 4.86. The lowest BCUT2D eigenvalue weighted by molar-refractivity contribution is -0.145. The molecule has 1 heterocycles. The third-order valence-corrected chi connectivity index (χ3v) is 6.08. The Bertz CT molecular complexity index is 868. The number of aliphatic carboxylic acids is 1. The van der Waals surface area contributed by atoms with Gasteiger partial charge in [0.15, 0.2) is 11.5 Å². The van der Waals surface area contributed by atoms with Crippen LogP contribution in [0, 0.1) is 0 Å². The fraction of sp³-hybridized carbons (Fsp3) is 0.480. The number of carboxylic acid groups (broad SMARTS) is 1. The van der Waals surface area contributed by atoms with Crippen LogP contribution in [-0.4, -0.2) is 49.9 Å². The molecule has 0 bridgehead atoms. The highest BCUT2D eigenvalue weighted by molar-refractivity contribution is 5.74. The van der Waals surface area contributed by atoms with Crippen molar-refractivity contribution >= 4 is 5.97 Å². The fourth-order valence-corrected chi connectivity index (χ4v) is 4.43. The average Bonchev–Trinajstić information content (AvgIpc) is 2.79. The van der Waals surface area contributed by atoms with Gasteiger partial charge >= 0.3 is 5.97 Å². The molecule has 6 nitrogen and oxygen atoms in total. The molecule has 0 saturated carbocycles. The van der Waals surface area contributed by atoms with E-state index in [2.05, 4.69) is 43.0 Å². The molecule has 1 N–H and O–H groups in total. The number of piperidine rings is 1. The van der Waals surface area contributed by atoms with Crippen LogP contribution >= 0.6 is 0 Å². The highest BCUT2D eigenvalue weighted by Crippen LogP contribution is 2.43. The van der Waals surface area contributed by atoms with Crippen LogP contribution < -0.4 is 14.2 Å². The lowest BCUT2D eigenvalue weighted by Gasteiger charge is -2.40. The van der Waals surface area contributed by atoms with Gasteiger partial charge in [-0.05, 0) is 54.1 Å². The van der Waals surface area contributed by atoms with Crippen LogP contribution in [0.5, 0.6) is 17.2 Å². The summed E-state index contributed by atoms with van der Waals surface area (Å²) in [5.74, 6) is 1.29. The van der Waals surface area contributed by atoms with Gasteiger partial charge in [0.05, 0.1) is 27.4 Å². The molecule has 168 valence electrons. The number of nitrogens with zero attached hydrogens (tertiary/aromatic N) is 1. The normalized spacial score (nSPS) is 17.9. The molecule has 1 aliphatic rings. The molecule has 31 heavy (non-hydrogen) atoms. The first kappa shape index (κ1) is 22.9. The molecular weight excluding hydrogens is 394 g/mol. The summed E-state index contributed by atoms with van der Waals surface area (Å²) in [5, 5.41) is 9.94. The van der Waals surface area contributed by atoms with Gasteiger partial charge in [0.25, 0.3) is 0 Å². The van der Waals surface area contributed by atoms with Crippen molar-refractivity contribution in [3.8, 4) is 17.2 Å². The molecule has 0 spiro atoms. The van der Waals surface area contributed by atoms with Crippen molar-refractivity contribution in [1.82, 2.24) is 4.90 Å². The lowest BCUT2D eigenvalue weighted by Crippen LogP contribution is -2.46. The number of benzene rings is 2. The molecule has 0 aliphatic carbocycles. The second-order valence-electron chi connectivity index (χ2n) is 8.27. The Morgan fingerprint density at radius 2 is 1.52 bits per heavy atom. The number of hydrogen-bond donors (Lipinski definition) is 1. The molecule has 6 heteroatoms. The van der Waals surface area contributed by atoms with Crippen molar-refractivity contribution < 1.29 is 24.1 Å². The minimum atomic E-state index is -0.782. The van der Waals surface area contributed by atoms with Crippen LogP contribution in [0.25, 0.3) is 0 Å². The van der Waals surface area contributed by atoms with E-state index in [0.717, 1.165) is 24.0 Å². The second kappa shape index (κ2) is 10.1. The van der Waals surface area contributed by atoms with Gasteiger partial charge in [-0.1, -0.05) is 44.5 Å². The van der Waals surface area contributed by atoms with Crippen molar-refractivity contribution in [2.75, 3.05) is 27.9 Å². The summed E-state index contributed by atoms with van der Waals surface area (Å²) in [4.78, 5) is 14.2. The Balaban J connectivity index is 2.17. The van der Waals surface area contributed by atoms with Crippen LogP contribution in [0.15, 0.2) is 36.4 Å². The number of carboxylic acids is 1. The van der Waals surface area contributed by atoms with Gasteiger partial charge in [0.1, 0.15) is 6.04 Å². The van der Waals surface area contributed by atoms with E-state index < -0.39 is 12.0 Å². The molecule has 1 saturated heterocycles. The lowest BCUT2D eigenvalue weighted by atomic mass is 9.90. The number of likely N-dealkylation sites (tertiary alicyclic amines) is 1. The number of ether oxygens (including phenoxy) is 3. The molecule has 2 unspecified atom stereocenters. The van der Waals surface area contributed by atoms with E-state index in [1.807, 2.05) is 12.1 Å². The minimum Gasteiger partial charge on any atom is -0.493 e. The molecule has 1 aliphatic heterocycles. The van der Waals surface area contributed by atoms with Crippen molar-refractivity contribution in [3.05, 3.63) is 53.1 Å². The Morgan fingerprint density at radius 1 is 0.935 bits per heavy atom. The van der Waals surface area contributed by atoms with E-state index in [1.54, 1.807) is 21.3 Å². The zero-order valence-electron chi connectivity index (χ0n) is 19.1. The maximum atomic E-state index is 12.1. The molecule has 2 atom stereocenters. The van der Waals surface area contributed by atoms with Gasteiger partial charge in [0, 0.05) is 0 Å². The van der Waals surface area contributed by atoms with Crippen LogP contribution in [0.1, 0.15) is 61.8 Å². The van der Waals surface area contributed by atoms with E-state index in [4.69, 9.17) is 14.2 Å². The first-order valence-electron chi connectivity index (χ1n) is 10.8. The number of hydrogen-bond acceptors (Lipinski definition) is 5. The number of rotatable bonds is 8. The van der Waals surface area contributed by atoms with Gasteiger partial charge in [-0.3, -0.25) is 9.69 Å². The summed E-state index contributed by atoms with van der Waals surface area (Å²) in [6.07, 6.45) is 2.52. The van der Waals surface area contributed by atoms with Gasteiger partial charge in [-0.25, -0.2) is 0 Å². The maximum Gasteiger partial charge on any atom is 0.320 e. The predicted molar refractivity (Wildman–Crippen MR) is 120 cm³/mol. The quantitative estimate of drug-likeness (QED) is 0.649. The zero-order valence-corrected chi connectivity index (χ0v) is 19.1. The van der Waals surface area contributed by atoms with E-state index in [1.165, 1.54) is 5.56 Å². The van der Waals surface area contributed by atoms with Crippen molar-refractivity contribution in [3.63, 3.8) is 0 Å². The second-order valence-corrected chi connectivity index (χ2v) is 8.27. The van der Waals surface area contributed by atoms with E-state index in [0.29, 0.717) is 36.1 Å². The van der Waals surface area contributed by atoms with Gasteiger partial charge < -0.3 is 19.3 Å². The molecule has 3 rings (SSSR count). The summed E-state index contributed by atoms with van der Waals surface area (Å²) < 4.78 is 16.6. The molecule has 2 aromatic rings. The third kappa shape index (κ3) is 4.79. The SMILES string of the molecule is COc1cc(C(c2ccc(C(C)C)cc2)N2CCCCC2C(=O)O)cc(OC)c1OC. The van der Waals surface area contributed by atoms with Gasteiger partial charge in [-0.15, -0.1) is 0 Å². The smallest absolute Gasteiger partial charge is 0.320 e. The molecule has 0 amide bonds. The number of methoxy groups -OCH3 is 3. The summed E-state index contributed by atoms with van der Waals surface area (Å²) in [7, 11) is 4.76. The molecule has 0 radical (unpaired) electrons. The highest BCUT2D eigenvalue weighted by atomic mass is 16.5. The van der Waals surface area contributed by atoms with Crippen LogP contribution in [-0.2, 0) is 4.79 Å². The molecule has 0 aromatic heterocycles. The van der Waals surface area contributed by atoms with Crippen LogP contribution in [0.3, 0.4) is 0 Å². The minimum absolute atomic E-state index is 0.240. The Kier molecular flexibility index (Phi) is 7.44. The summed E-state index contributed by atoms with van der Waals surface area (Å²) in [6.45, 7) is 5.04. The van der Waals surface area contributed by atoms with Crippen LogP contribution in [0.4, 0.5) is 0 Å². The number of carbonyl (C=O) groups is 1. The van der Waals surface area contributed by atoms with Crippen molar-refractivity contribution in [1.29, 1.82) is 0 Å². The fourth-order valence-electron chi connectivity index (χ4n) is 4.43. The highest BCUT2D eigenvalue weighted by Gasteiger charge is 2.36. The van der Waals surface area contributed by atoms with Crippen LogP contribution in [0.2, 0.25) is 0 Å². The average molecular weight is 428 g/mol. The van der Waals surface area contributed by atoms with Crippen molar-refractivity contribution in [2.24, 2.45) is 0 Å². The van der Waals surface area contributed by atoms with Gasteiger partial charge in [-0.2, -0.15) is 0 Å². The Morgan fingerprint density at radius 3 is 2.00 bits per heavy atom. The van der Waals surface area contributed by atoms with E-state index in [-0.39, 0.29) is 6.04 Å². The third-order valence-electron chi connectivity index (χ3n) is 6.08. The van der Waals surface area contributed by atoms with Gasteiger partial charge in [0.2, 0.25) is 5.75 Å². The molecule has 2 aromatic carbocycles. The first-order chi connectivity index (χ1) is 14.9. The Hall–Kier alpha value is -2.73. The maximum absolute atomic E-state index is 12.1. The summed E-state index contributed by atoms with van der Waals surface area (Å²) in [6, 6.07) is 11.5. The standard InChI is InChI=1S/C25H33NO5/c1-16(2)17-9-11-18(12-10-17)23(26-13-7-6-8-20(26)25(27)28)19-14-21(29-3)24(31-5)22(15-19)30-4/h9-12,14-16,20,23H,6-8,13H2,1-5H3,(H,27,28). The molecular formula is C25H33NO5. The van der Waals surface area contributed by atoms with E-state index in [9.17, 15) is 9.90 Å². The molecule has 1 fully saturated rings.